The van der Waals surface area contributed by atoms with Crippen LogP contribution in [0.15, 0.2) is 24.3 Å². The van der Waals surface area contributed by atoms with Crippen molar-refractivity contribution in [2.75, 3.05) is 20.2 Å². The van der Waals surface area contributed by atoms with Gasteiger partial charge in [-0.25, -0.2) is 0 Å². The molecule has 100 valence electrons. The molecule has 1 heterocycles. The molecular weight excluding hydrogens is 224 g/mol. The fourth-order valence-corrected chi connectivity index (χ4v) is 2.83. The Morgan fingerprint density at radius 1 is 1.39 bits per heavy atom. The number of methoxy groups -OCH3 is 1. The first kappa shape index (κ1) is 13.5. The normalized spacial score (nSPS) is 24.6. The van der Waals surface area contributed by atoms with Gasteiger partial charge in [-0.05, 0) is 36.9 Å². The van der Waals surface area contributed by atoms with Crippen molar-refractivity contribution in [2.24, 2.45) is 11.7 Å². The average molecular weight is 248 g/mol. The van der Waals surface area contributed by atoms with Gasteiger partial charge in [0, 0.05) is 26.2 Å². The summed E-state index contributed by atoms with van der Waals surface area (Å²) in [5.74, 6) is 0.669. The van der Waals surface area contributed by atoms with Crippen molar-refractivity contribution in [3.8, 4) is 0 Å². The molecule has 0 aliphatic carbocycles. The molecule has 0 saturated carbocycles. The Balaban J connectivity index is 1.98. The summed E-state index contributed by atoms with van der Waals surface area (Å²) in [6, 6.07) is 9.31. The molecule has 18 heavy (non-hydrogen) atoms. The monoisotopic (exact) mass is 248 g/mol. The fraction of sp³-hybridized carbons (Fsp3) is 0.600. The van der Waals surface area contributed by atoms with Crippen molar-refractivity contribution in [2.45, 2.75) is 32.5 Å². The van der Waals surface area contributed by atoms with Gasteiger partial charge in [-0.1, -0.05) is 24.3 Å². The number of hydrogen-bond acceptors (Lipinski definition) is 3. The van der Waals surface area contributed by atoms with E-state index in [2.05, 4.69) is 36.1 Å². The first-order valence-corrected chi connectivity index (χ1v) is 6.73. The van der Waals surface area contributed by atoms with Crippen LogP contribution in [-0.2, 0) is 17.9 Å². The maximum Gasteiger partial charge on any atom is 0.0713 e. The maximum atomic E-state index is 5.77. The Kier molecular flexibility index (Phi) is 4.75. The smallest absolute Gasteiger partial charge is 0.0713 e. The van der Waals surface area contributed by atoms with E-state index in [-0.39, 0.29) is 0 Å². The standard InChI is InChI=1S/C15H24N2O/c1-12-6-15(8-16)10-17(12)9-13-4-3-5-14(7-13)11-18-2/h3-5,7,12,15H,6,8-11,16H2,1-2H3. The number of hydrogen-bond donors (Lipinski definition) is 1. The zero-order chi connectivity index (χ0) is 13.0. The van der Waals surface area contributed by atoms with Crippen LogP contribution < -0.4 is 5.73 Å². The number of nitrogens with two attached hydrogens (primary N) is 1. The Labute approximate surface area is 110 Å². The average Bonchev–Trinajstić information content (AvgIpc) is 2.71. The predicted molar refractivity (Wildman–Crippen MR) is 74.2 cm³/mol. The molecule has 3 nitrogen and oxygen atoms in total. The van der Waals surface area contributed by atoms with Gasteiger partial charge in [-0.3, -0.25) is 4.90 Å². The molecule has 1 aromatic carbocycles. The van der Waals surface area contributed by atoms with Crippen molar-refractivity contribution in [1.82, 2.24) is 4.90 Å². The van der Waals surface area contributed by atoms with E-state index < -0.39 is 0 Å². The Morgan fingerprint density at radius 2 is 2.17 bits per heavy atom. The SMILES string of the molecule is COCc1cccc(CN2CC(CN)CC2C)c1. The van der Waals surface area contributed by atoms with Crippen LogP contribution in [0.2, 0.25) is 0 Å². The highest BCUT2D eigenvalue weighted by molar-refractivity contribution is 5.23. The Bertz CT molecular complexity index is 381. The summed E-state index contributed by atoms with van der Waals surface area (Å²) in [7, 11) is 1.74. The van der Waals surface area contributed by atoms with Gasteiger partial charge in [0.15, 0.2) is 0 Å². The minimum Gasteiger partial charge on any atom is -0.380 e. The highest BCUT2D eigenvalue weighted by Crippen LogP contribution is 2.24. The molecule has 2 atom stereocenters. The molecule has 1 aromatic rings. The lowest BCUT2D eigenvalue weighted by molar-refractivity contribution is 0.184. The van der Waals surface area contributed by atoms with Crippen molar-refractivity contribution < 1.29 is 4.74 Å². The van der Waals surface area contributed by atoms with E-state index in [0.29, 0.717) is 18.6 Å². The van der Waals surface area contributed by atoms with Crippen LogP contribution >= 0.6 is 0 Å². The second kappa shape index (κ2) is 6.32. The summed E-state index contributed by atoms with van der Waals surface area (Å²) in [4.78, 5) is 2.53. The van der Waals surface area contributed by atoms with Crippen LogP contribution in [0.4, 0.5) is 0 Å². The van der Waals surface area contributed by atoms with Gasteiger partial charge >= 0.3 is 0 Å². The van der Waals surface area contributed by atoms with E-state index in [4.69, 9.17) is 10.5 Å². The number of benzene rings is 1. The number of rotatable bonds is 5. The number of ether oxygens (including phenoxy) is 1. The number of likely N-dealkylation sites (tertiary alicyclic amines) is 1. The lowest BCUT2D eigenvalue weighted by Gasteiger charge is -2.21. The third kappa shape index (κ3) is 3.31. The van der Waals surface area contributed by atoms with Gasteiger partial charge in [-0.2, -0.15) is 0 Å². The van der Waals surface area contributed by atoms with Gasteiger partial charge in [0.1, 0.15) is 0 Å². The summed E-state index contributed by atoms with van der Waals surface area (Å²) < 4.78 is 5.18. The molecule has 0 radical (unpaired) electrons. The molecule has 2 N–H and O–H groups in total. The minimum absolute atomic E-state index is 0.643. The van der Waals surface area contributed by atoms with Gasteiger partial charge < -0.3 is 10.5 Å². The molecule has 0 spiro atoms. The fourth-order valence-electron chi connectivity index (χ4n) is 2.83. The van der Waals surface area contributed by atoms with Crippen LogP contribution in [0.3, 0.4) is 0 Å². The zero-order valence-electron chi connectivity index (χ0n) is 11.4. The zero-order valence-corrected chi connectivity index (χ0v) is 11.4. The first-order valence-electron chi connectivity index (χ1n) is 6.73. The van der Waals surface area contributed by atoms with Gasteiger partial charge in [0.05, 0.1) is 6.61 Å². The third-order valence-corrected chi connectivity index (χ3v) is 3.81. The summed E-state index contributed by atoms with van der Waals surface area (Å²) in [5, 5.41) is 0. The molecule has 1 aliphatic heterocycles. The first-order chi connectivity index (χ1) is 8.72. The molecule has 2 unspecified atom stereocenters. The van der Waals surface area contributed by atoms with Crippen molar-refractivity contribution in [3.63, 3.8) is 0 Å². The van der Waals surface area contributed by atoms with Crippen LogP contribution in [-0.4, -0.2) is 31.1 Å². The molecule has 1 fully saturated rings. The van der Waals surface area contributed by atoms with E-state index in [9.17, 15) is 0 Å². The molecule has 0 bridgehead atoms. The summed E-state index contributed by atoms with van der Waals surface area (Å²) >= 11 is 0. The van der Waals surface area contributed by atoms with E-state index in [1.54, 1.807) is 7.11 Å². The highest BCUT2D eigenvalue weighted by atomic mass is 16.5. The van der Waals surface area contributed by atoms with Crippen LogP contribution in [0.5, 0.6) is 0 Å². The van der Waals surface area contributed by atoms with Gasteiger partial charge in [0.2, 0.25) is 0 Å². The minimum atomic E-state index is 0.643. The van der Waals surface area contributed by atoms with Crippen molar-refractivity contribution in [1.29, 1.82) is 0 Å². The van der Waals surface area contributed by atoms with Gasteiger partial charge in [-0.15, -0.1) is 0 Å². The Hall–Kier alpha value is -0.900. The van der Waals surface area contributed by atoms with Crippen LogP contribution in [0, 0.1) is 5.92 Å². The number of nitrogens with zero attached hydrogens (tertiary/aromatic N) is 1. The van der Waals surface area contributed by atoms with Crippen molar-refractivity contribution >= 4 is 0 Å². The van der Waals surface area contributed by atoms with E-state index in [0.717, 1.165) is 19.6 Å². The van der Waals surface area contributed by atoms with E-state index in [1.807, 2.05) is 0 Å². The van der Waals surface area contributed by atoms with Crippen molar-refractivity contribution in [3.05, 3.63) is 35.4 Å². The molecule has 3 heteroatoms. The molecule has 1 aliphatic rings. The topological polar surface area (TPSA) is 38.5 Å². The largest absolute Gasteiger partial charge is 0.380 e. The van der Waals surface area contributed by atoms with Crippen LogP contribution in [0.1, 0.15) is 24.5 Å². The molecule has 0 amide bonds. The predicted octanol–water partition coefficient (Wildman–Crippen LogP) is 2.00. The maximum absolute atomic E-state index is 5.77. The lowest BCUT2D eigenvalue weighted by Crippen LogP contribution is -2.27. The second-order valence-electron chi connectivity index (χ2n) is 5.37. The summed E-state index contributed by atoms with van der Waals surface area (Å²) in [6.07, 6.45) is 1.23. The summed E-state index contributed by atoms with van der Waals surface area (Å²) in [6.45, 7) is 5.95. The summed E-state index contributed by atoms with van der Waals surface area (Å²) in [5.41, 5.74) is 8.39. The van der Waals surface area contributed by atoms with Gasteiger partial charge in [0.25, 0.3) is 0 Å². The van der Waals surface area contributed by atoms with E-state index in [1.165, 1.54) is 17.5 Å². The Morgan fingerprint density at radius 3 is 2.83 bits per heavy atom. The highest BCUT2D eigenvalue weighted by Gasteiger charge is 2.27. The molecular formula is C15H24N2O. The third-order valence-electron chi connectivity index (χ3n) is 3.81. The van der Waals surface area contributed by atoms with Crippen LogP contribution in [0.25, 0.3) is 0 Å². The quantitative estimate of drug-likeness (QED) is 0.866. The second-order valence-corrected chi connectivity index (χ2v) is 5.37. The molecule has 2 rings (SSSR count). The molecule has 0 aromatic heterocycles. The lowest BCUT2D eigenvalue weighted by atomic mass is 10.1. The van der Waals surface area contributed by atoms with E-state index >= 15 is 0 Å². The molecule has 1 saturated heterocycles.